The first-order valence-corrected chi connectivity index (χ1v) is 4.65. The van der Waals surface area contributed by atoms with E-state index in [1.807, 2.05) is 6.92 Å². The molecule has 1 amide bonds. The van der Waals surface area contributed by atoms with Crippen molar-refractivity contribution in [3.05, 3.63) is 23.9 Å². The summed E-state index contributed by atoms with van der Waals surface area (Å²) in [6, 6.07) is 3.12. The number of nitrogens with two attached hydrogens (primary N) is 1. The minimum atomic E-state index is -0.173. The molecule has 5 heteroatoms. The largest absolute Gasteiger partial charge is 0.384 e. The Bertz CT molecular complexity index is 341. The standard InChI is InChI=1S/C10H15N3O2/c1-7(6-15-2)13-10(14)8-3-4-12-9(11)5-8/h3-5,7H,6H2,1-2H3,(H2,11,12)(H,13,14). The number of nitrogens with zero attached hydrogens (tertiary/aromatic N) is 1. The van der Waals surface area contributed by atoms with Crippen LogP contribution < -0.4 is 11.1 Å². The van der Waals surface area contributed by atoms with Crippen molar-refractivity contribution in [1.82, 2.24) is 10.3 Å². The summed E-state index contributed by atoms with van der Waals surface area (Å²) in [5, 5.41) is 2.78. The normalized spacial score (nSPS) is 12.1. The summed E-state index contributed by atoms with van der Waals surface area (Å²) >= 11 is 0. The molecule has 3 N–H and O–H groups in total. The molecular formula is C10H15N3O2. The minimum absolute atomic E-state index is 0.0307. The molecule has 1 atom stereocenters. The van der Waals surface area contributed by atoms with Gasteiger partial charge in [-0.15, -0.1) is 0 Å². The lowest BCUT2D eigenvalue weighted by atomic mass is 10.2. The fraction of sp³-hybridized carbons (Fsp3) is 0.400. The number of pyridine rings is 1. The quantitative estimate of drug-likeness (QED) is 0.753. The van der Waals surface area contributed by atoms with Crippen LogP contribution in [0.3, 0.4) is 0 Å². The molecule has 15 heavy (non-hydrogen) atoms. The molecule has 0 bridgehead atoms. The van der Waals surface area contributed by atoms with Gasteiger partial charge in [0, 0.05) is 24.9 Å². The van der Waals surface area contributed by atoms with Crippen LogP contribution in [0.15, 0.2) is 18.3 Å². The number of nitrogen functional groups attached to an aromatic ring is 1. The fourth-order valence-electron chi connectivity index (χ4n) is 1.19. The first-order chi connectivity index (χ1) is 7.13. The summed E-state index contributed by atoms with van der Waals surface area (Å²) in [6.45, 7) is 2.35. The van der Waals surface area contributed by atoms with Crippen LogP contribution in [0.25, 0.3) is 0 Å². The zero-order chi connectivity index (χ0) is 11.3. The Labute approximate surface area is 88.6 Å². The average molecular weight is 209 g/mol. The van der Waals surface area contributed by atoms with Gasteiger partial charge in [-0.2, -0.15) is 0 Å². The Balaban J connectivity index is 2.61. The number of ether oxygens (including phenoxy) is 1. The summed E-state index contributed by atoms with van der Waals surface area (Å²) in [6.07, 6.45) is 1.51. The molecular weight excluding hydrogens is 194 g/mol. The maximum absolute atomic E-state index is 11.6. The van der Waals surface area contributed by atoms with Gasteiger partial charge in [0.05, 0.1) is 6.61 Å². The van der Waals surface area contributed by atoms with Crippen molar-refractivity contribution in [2.75, 3.05) is 19.5 Å². The lowest BCUT2D eigenvalue weighted by molar-refractivity contribution is 0.0905. The maximum Gasteiger partial charge on any atom is 0.251 e. The van der Waals surface area contributed by atoms with Crippen molar-refractivity contribution in [3.8, 4) is 0 Å². The van der Waals surface area contributed by atoms with E-state index in [2.05, 4.69) is 10.3 Å². The van der Waals surface area contributed by atoms with Gasteiger partial charge in [0.25, 0.3) is 5.91 Å². The van der Waals surface area contributed by atoms with Crippen LogP contribution in [0.2, 0.25) is 0 Å². The highest BCUT2D eigenvalue weighted by Crippen LogP contribution is 2.02. The van der Waals surface area contributed by atoms with E-state index in [4.69, 9.17) is 10.5 Å². The molecule has 0 aromatic carbocycles. The average Bonchev–Trinajstić information content (AvgIpc) is 2.18. The van der Waals surface area contributed by atoms with Crippen LogP contribution in [0.1, 0.15) is 17.3 Å². The van der Waals surface area contributed by atoms with E-state index < -0.39 is 0 Å². The molecule has 5 nitrogen and oxygen atoms in total. The molecule has 1 rings (SSSR count). The Morgan fingerprint density at radius 3 is 3.07 bits per heavy atom. The number of hydrogen-bond acceptors (Lipinski definition) is 4. The molecule has 0 saturated heterocycles. The highest BCUT2D eigenvalue weighted by atomic mass is 16.5. The van der Waals surface area contributed by atoms with Gasteiger partial charge in [0.2, 0.25) is 0 Å². The Morgan fingerprint density at radius 2 is 2.47 bits per heavy atom. The monoisotopic (exact) mass is 209 g/mol. The summed E-state index contributed by atoms with van der Waals surface area (Å²) in [4.78, 5) is 15.4. The number of hydrogen-bond donors (Lipinski definition) is 2. The van der Waals surface area contributed by atoms with E-state index in [0.29, 0.717) is 18.0 Å². The molecule has 0 saturated carbocycles. The van der Waals surface area contributed by atoms with Crippen molar-refractivity contribution in [2.45, 2.75) is 13.0 Å². The van der Waals surface area contributed by atoms with Crippen molar-refractivity contribution >= 4 is 11.7 Å². The molecule has 1 unspecified atom stereocenters. The molecule has 0 aliphatic rings. The van der Waals surface area contributed by atoms with Crippen molar-refractivity contribution < 1.29 is 9.53 Å². The highest BCUT2D eigenvalue weighted by Gasteiger charge is 2.09. The first-order valence-electron chi connectivity index (χ1n) is 4.65. The Hall–Kier alpha value is -1.62. The molecule has 0 radical (unpaired) electrons. The van der Waals surface area contributed by atoms with Crippen molar-refractivity contribution in [2.24, 2.45) is 0 Å². The third-order valence-corrected chi connectivity index (χ3v) is 1.84. The molecule has 1 aromatic rings. The molecule has 1 heterocycles. The SMILES string of the molecule is COCC(C)NC(=O)c1ccnc(N)c1. The number of carbonyl (C=O) groups is 1. The van der Waals surface area contributed by atoms with E-state index >= 15 is 0 Å². The molecule has 0 aliphatic carbocycles. The lowest BCUT2D eigenvalue weighted by Gasteiger charge is -2.12. The minimum Gasteiger partial charge on any atom is -0.384 e. The van der Waals surface area contributed by atoms with Crippen LogP contribution in [0.5, 0.6) is 0 Å². The molecule has 0 fully saturated rings. The lowest BCUT2D eigenvalue weighted by Crippen LogP contribution is -2.35. The van der Waals surface area contributed by atoms with E-state index in [-0.39, 0.29) is 11.9 Å². The van der Waals surface area contributed by atoms with Gasteiger partial charge in [-0.3, -0.25) is 4.79 Å². The van der Waals surface area contributed by atoms with Crippen LogP contribution in [-0.2, 0) is 4.74 Å². The number of amides is 1. The van der Waals surface area contributed by atoms with Gasteiger partial charge < -0.3 is 15.8 Å². The van der Waals surface area contributed by atoms with Crippen molar-refractivity contribution in [1.29, 1.82) is 0 Å². The number of anilines is 1. The summed E-state index contributed by atoms with van der Waals surface area (Å²) in [5.74, 6) is 0.163. The van der Waals surface area contributed by atoms with Gasteiger partial charge in [-0.05, 0) is 19.1 Å². The maximum atomic E-state index is 11.6. The molecule has 0 aliphatic heterocycles. The predicted octanol–water partition coefficient (Wildman–Crippen LogP) is 0.429. The van der Waals surface area contributed by atoms with Crippen molar-refractivity contribution in [3.63, 3.8) is 0 Å². The van der Waals surface area contributed by atoms with E-state index in [9.17, 15) is 4.79 Å². The zero-order valence-corrected chi connectivity index (χ0v) is 8.86. The van der Waals surface area contributed by atoms with E-state index in [0.717, 1.165) is 0 Å². The number of aromatic nitrogens is 1. The number of methoxy groups -OCH3 is 1. The number of carbonyl (C=O) groups excluding carboxylic acids is 1. The van der Waals surface area contributed by atoms with Crippen LogP contribution in [0.4, 0.5) is 5.82 Å². The van der Waals surface area contributed by atoms with Gasteiger partial charge >= 0.3 is 0 Å². The van der Waals surface area contributed by atoms with Gasteiger partial charge in [0.1, 0.15) is 5.82 Å². The first kappa shape index (κ1) is 11.5. The van der Waals surface area contributed by atoms with E-state index in [1.54, 1.807) is 13.2 Å². The predicted molar refractivity (Wildman–Crippen MR) is 57.5 cm³/mol. The topological polar surface area (TPSA) is 77.2 Å². The number of nitrogens with one attached hydrogen (secondary N) is 1. The summed E-state index contributed by atoms with van der Waals surface area (Å²) < 4.78 is 4.91. The second-order valence-electron chi connectivity index (χ2n) is 3.30. The molecule has 1 aromatic heterocycles. The molecule has 82 valence electrons. The third-order valence-electron chi connectivity index (χ3n) is 1.84. The van der Waals surface area contributed by atoms with Crippen LogP contribution >= 0.6 is 0 Å². The second kappa shape index (κ2) is 5.31. The second-order valence-corrected chi connectivity index (χ2v) is 3.30. The Morgan fingerprint density at radius 1 is 1.73 bits per heavy atom. The zero-order valence-electron chi connectivity index (χ0n) is 8.86. The highest BCUT2D eigenvalue weighted by molar-refractivity contribution is 5.94. The smallest absolute Gasteiger partial charge is 0.251 e. The van der Waals surface area contributed by atoms with Gasteiger partial charge in [-0.1, -0.05) is 0 Å². The van der Waals surface area contributed by atoms with Gasteiger partial charge in [0.15, 0.2) is 0 Å². The molecule has 0 spiro atoms. The van der Waals surface area contributed by atoms with Crippen LogP contribution in [-0.4, -0.2) is 30.6 Å². The van der Waals surface area contributed by atoms with E-state index in [1.165, 1.54) is 12.3 Å². The summed E-state index contributed by atoms with van der Waals surface area (Å²) in [5.41, 5.74) is 5.98. The fourth-order valence-corrected chi connectivity index (χ4v) is 1.19. The van der Waals surface area contributed by atoms with Crippen LogP contribution in [0, 0.1) is 0 Å². The third kappa shape index (κ3) is 3.55. The summed E-state index contributed by atoms with van der Waals surface area (Å²) in [7, 11) is 1.59. The van der Waals surface area contributed by atoms with Gasteiger partial charge in [-0.25, -0.2) is 4.98 Å². The Kier molecular flexibility index (Phi) is 4.05. The number of rotatable bonds is 4.